The first kappa shape index (κ1) is 57.3. The van der Waals surface area contributed by atoms with Crippen LogP contribution >= 0.6 is 0 Å². The van der Waals surface area contributed by atoms with Crippen LogP contribution in [-0.2, 0) is 42.7 Å². The summed E-state index contributed by atoms with van der Waals surface area (Å²) in [4.78, 5) is 48.7. The lowest BCUT2D eigenvalue weighted by molar-refractivity contribution is 0.0483. The number of hydrogen-bond acceptors (Lipinski definition) is 15. The molecular weight excluding hydrogens is 752 g/mol. The third-order valence-corrected chi connectivity index (χ3v) is 4.71. The monoisotopic (exact) mass is 816 g/mol. The molecule has 0 aliphatic rings. The minimum Gasteiger partial charge on any atom is -0.444 e. The molecule has 0 saturated heterocycles. The van der Waals surface area contributed by atoms with Crippen molar-refractivity contribution in [3.63, 3.8) is 0 Å². The largest absolute Gasteiger partial charge is 0.444 e. The van der Waals surface area contributed by atoms with E-state index in [9.17, 15) is 27.6 Å². The van der Waals surface area contributed by atoms with E-state index in [-0.39, 0.29) is 44.7 Å². The maximum absolute atomic E-state index is 11.2. The summed E-state index contributed by atoms with van der Waals surface area (Å²) in [6.45, 7) is 23.3. The van der Waals surface area contributed by atoms with E-state index in [0.29, 0.717) is 26.3 Å². The van der Waals surface area contributed by atoms with E-state index in [0.717, 1.165) is 6.26 Å². The Balaban J connectivity index is -0.000000325. The second-order valence-electron chi connectivity index (χ2n) is 14.4. The quantitative estimate of drug-likeness (QED) is 0.0410. The van der Waals surface area contributed by atoms with Crippen molar-refractivity contribution in [1.29, 1.82) is 0 Å². The van der Waals surface area contributed by atoms with E-state index in [1.54, 1.807) is 62.3 Å². The third kappa shape index (κ3) is 61.9. The first-order valence-corrected chi connectivity index (χ1v) is 18.6. The summed E-state index contributed by atoms with van der Waals surface area (Å²) in [5.74, 6) is 0. The standard InChI is InChI=1S/C10H21NO6S.C9H18N4O3.C6H12N4O2.C6H13NO2/c1-10(2,3)17-9(12)11-5-6-15-7-8-16-18(4,13)14;1-9(2,3)16-8(14)11-4-6-15-7-5-12-13-10;1-6(2,3)12-5(11)8-4-9-10-7;1-6(2,3)9-5(8)7-4/h5-8H2,1-4H3,(H,11,12);4-7H2,1-3H3,(H,11,14);4H2,1-3H3,(H,8,11);1-4H3,(H,7,8). The summed E-state index contributed by atoms with van der Waals surface area (Å²) in [6.07, 6.45) is -0.987. The summed E-state index contributed by atoms with van der Waals surface area (Å²) in [5, 5.41) is 16.1. The predicted molar refractivity (Wildman–Crippen MR) is 204 cm³/mol. The zero-order valence-corrected chi connectivity index (χ0v) is 35.6. The Hall–Kier alpha value is -4.47. The number of azide groups is 2. The minimum atomic E-state index is -3.42. The number of ether oxygens (including phenoxy) is 6. The molecule has 0 heterocycles. The fraction of sp³-hybridized carbons (Fsp3) is 0.871. The Kier molecular flexibility index (Phi) is 32.1. The van der Waals surface area contributed by atoms with Gasteiger partial charge in [-0.05, 0) is 94.1 Å². The number of carbonyl (C=O) groups excluding carboxylic acids is 4. The Morgan fingerprint density at radius 2 is 0.927 bits per heavy atom. The van der Waals surface area contributed by atoms with Gasteiger partial charge in [-0.3, -0.25) is 4.18 Å². The molecule has 0 fully saturated rings. The maximum Gasteiger partial charge on any atom is 0.407 e. The SMILES string of the molecule is CC(C)(C)OC(=O)NCCOCCN=[N+]=[N-].CC(C)(C)OC(=O)NCCOCCOS(C)(=O)=O.CC(C)(C)OC(=O)NCN=[N+]=[N-].CNC(=O)OC(C)(C)C. The average molecular weight is 817 g/mol. The van der Waals surface area contributed by atoms with Gasteiger partial charge in [0.25, 0.3) is 10.1 Å². The lowest BCUT2D eigenvalue weighted by Crippen LogP contribution is -2.34. The molecule has 0 aliphatic carbocycles. The molecule has 0 aromatic heterocycles. The molecule has 0 radical (unpaired) electrons. The third-order valence-electron chi connectivity index (χ3n) is 4.11. The van der Waals surface area contributed by atoms with Crippen LogP contribution in [0.1, 0.15) is 83.1 Å². The van der Waals surface area contributed by atoms with Crippen molar-refractivity contribution in [2.24, 2.45) is 10.2 Å². The van der Waals surface area contributed by atoms with Gasteiger partial charge in [0.15, 0.2) is 0 Å². The topological polar surface area (TPSA) is 313 Å². The summed E-state index contributed by atoms with van der Waals surface area (Å²) in [5.41, 5.74) is 13.9. The van der Waals surface area contributed by atoms with Gasteiger partial charge in [0.2, 0.25) is 0 Å². The van der Waals surface area contributed by atoms with E-state index in [1.165, 1.54) is 7.05 Å². The van der Waals surface area contributed by atoms with Gasteiger partial charge in [-0.1, -0.05) is 10.2 Å². The molecule has 24 heteroatoms. The van der Waals surface area contributed by atoms with E-state index in [4.69, 9.17) is 39.5 Å². The molecule has 0 aliphatic heterocycles. The highest BCUT2D eigenvalue weighted by Gasteiger charge is 2.17. The molecule has 4 N–H and O–H groups in total. The van der Waals surface area contributed by atoms with E-state index in [2.05, 4.69) is 45.5 Å². The molecule has 55 heavy (non-hydrogen) atoms. The van der Waals surface area contributed by atoms with Crippen molar-refractivity contribution in [2.75, 3.05) is 72.6 Å². The molecule has 0 saturated carbocycles. The van der Waals surface area contributed by atoms with Crippen LogP contribution in [0, 0.1) is 0 Å². The first-order valence-electron chi connectivity index (χ1n) is 16.8. The van der Waals surface area contributed by atoms with Gasteiger partial charge in [0, 0.05) is 36.5 Å². The predicted octanol–water partition coefficient (Wildman–Crippen LogP) is 5.26. The second-order valence-corrected chi connectivity index (χ2v) is 16.0. The molecule has 0 rings (SSSR count). The number of amides is 4. The van der Waals surface area contributed by atoms with Crippen LogP contribution in [0.5, 0.6) is 0 Å². The van der Waals surface area contributed by atoms with Gasteiger partial charge >= 0.3 is 24.4 Å². The van der Waals surface area contributed by atoms with Crippen LogP contribution in [-0.4, -0.2) is 128 Å². The molecule has 0 bridgehead atoms. The average Bonchev–Trinajstić information content (AvgIpc) is 2.97. The highest BCUT2D eigenvalue weighted by atomic mass is 32.2. The fourth-order valence-electron chi connectivity index (χ4n) is 2.45. The minimum absolute atomic E-state index is 0.0364. The molecule has 0 aromatic carbocycles. The summed E-state index contributed by atoms with van der Waals surface area (Å²) in [6, 6.07) is 0. The van der Waals surface area contributed by atoms with Crippen LogP contribution < -0.4 is 21.3 Å². The smallest absolute Gasteiger partial charge is 0.407 e. The van der Waals surface area contributed by atoms with Gasteiger partial charge in [-0.25, -0.2) is 19.2 Å². The zero-order chi connectivity index (χ0) is 43.8. The van der Waals surface area contributed by atoms with Gasteiger partial charge in [-0.15, -0.1) is 0 Å². The number of alkyl carbamates (subject to hydrolysis) is 4. The van der Waals surface area contributed by atoms with Crippen LogP contribution in [0.4, 0.5) is 19.2 Å². The van der Waals surface area contributed by atoms with Crippen molar-refractivity contribution in [1.82, 2.24) is 21.3 Å². The molecule has 322 valence electrons. The number of hydrogen-bond donors (Lipinski definition) is 4. The summed E-state index contributed by atoms with van der Waals surface area (Å²) in [7, 11) is -1.88. The molecule has 0 atom stereocenters. The zero-order valence-electron chi connectivity index (χ0n) is 34.8. The van der Waals surface area contributed by atoms with Crippen LogP contribution in [0.3, 0.4) is 0 Å². The maximum atomic E-state index is 11.2. The van der Waals surface area contributed by atoms with Crippen molar-refractivity contribution >= 4 is 34.5 Å². The molecule has 0 aromatic rings. The van der Waals surface area contributed by atoms with Crippen molar-refractivity contribution in [3.8, 4) is 0 Å². The van der Waals surface area contributed by atoms with Crippen molar-refractivity contribution < 1.29 is 60.2 Å². The summed E-state index contributed by atoms with van der Waals surface area (Å²) >= 11 is 0. The van der Waals surface area contributed by atoms with Crippen LogP contribution in [0.15, 0.2) is 10.2 Å². The van der Waals surface area contributed by atoms with Gasteiger partial charge in [0.1, 0.15) is 22.4 Å². The molecular formula is C31H64N10O13S. The summed E-state index contributed by atoms with van der Waals surface area (Å²) < 4.78 is 55.5. The van der Waals surface area contributed by atoms with Crippen molar-refractivity contribution in [3.05, 3.63) is 20.9 Å². The molecule has 23 nitrogen and oxygen atoms in total. The first-order chi connectivity index (χ1) is 25.0. The van der Waals surface area contributed by atoms with Crippen molar-refractivity contribution in [2.45, 2.75) is 105 Å². The number of rotatable bonds is 15. The Morgan fingerprint density at radius 3 is 1.25 bits per heavy atom. The van der Waals surface area contributed by atoms with Gasteiger partial charge in [0.05, 0.1) is 46.0 Å². The Morgan fingerprint density at radius 1 is 0.564 bits per heavy atom. The molecule has 0 unspecified atom stereocenters. The molecule has 4 amide bonds. The van der Waals surface area contributed by atoms with E-state index >= 15 is 0 Å². The number of nitrogens with one attached hydrogen (secondary N) is 4. The van der Waals surface area contributed by atoms with E-state index in [1.807, 2.05) is 20.8 Å². The van der Waals surface area contributed by atoms with Crippen LogP contribution in [0.25, 0.3) is 20.9 Å². The normalized spacial score (nSPS) is 10.9. The number of carbonyl (C=O) groups is 4. The second kappa shape index (κ2) is 30.8. The Bertz CT molecular complexity index is 1300. The number of nitrogens with zero attached hydrogens (tertiary/aromatic N) is 6. The highest BCUT2D eigenvalue weighted by molar-refractivity contribution is 7.85. The fourth-order valence-corrected chi connectivity index (χ4v) is 2.82. The van der Waals surface area contributed by atoms with Crippen LogP contribution in [0.2, 0.25) is 0 Å². The highest BCUT2D eigenvalue weighted by Crippen LogP contribution is 2.08. The van der Waals surface area contributed by atoms with E-state index < -0.39 is 45.2 Å². The van der Waals surface area contributed by atoms with Gasteiger partial charge < -0.3 is 49.7 Å². The lowest BCUT2D eigenvalue weighted by Gasteiger charge is -2.19. The van der Waals surface area contributed by atoms with Gasteiger partial charge in [-0.2, -0.15) is 8.42 Å². The Labute approximate surface area is 324 Å². The lowest BCUT2D eigenvalue weighted by atomic mass is 10.2. The molecule has 0 spiro atoms.